The van der Waals surface area contributed by atoms with E-state index in [2.05, 4.69) is 44.8 Å². The lowest BCUT2D eigenvalue weighted by Gasteiger charge is -2.27. The van der Waals surface area contributed by atoms with Crippen LogP contribution >= 0.6 is 0 Å². The molecule has 0 saturated carbocycles. The van der Waals surface area contributed by atoms with Gasteiger partial charge in [-0.2, -0.15) is 0 Å². The summed E-state index contributed by atoms with van der Waals surface area (Å²) in [5.74, 6) is -0.149. The van der Waals surface area contributed by atoms with Gasteiger partial charge in [0.05, 0.1) is 12.9 Å². The average molecular weight is 321 g/mol. The van der Waals surface area contributed by atoms with Crippen molar-refractivity contribution in [1.82, 2.24) is 0 Å². The van der Waals surface area contributed by atoms with Crippen LogP contribution < -0.4 is 0 Å². The molecule has 0 fully saturated rings. The number of ether oxygens (including phenoxy) is 1. The van der Waals surface area contributed by atoms with Gasteiger partial charge in [0.2, 0.25) is 8.32 Å². The number of carbonyl (C=O) groups is 1. The van der Waals surface area contributed by atoms with E-state index in [1.54, 1.807) is 0 Å². The molecule has 1 atom stereocenters. The summed E-state index contributed by atoms with van der Waals surface area (Å²) in [6.07, 6.45) is 4.97. The minimum Gasteiger partial charge on any atom is -0.550 e. The van der Waals surface area contributed by atoms with E-state index in [1.807, 2.05) is 31.4 Å². The van der Waals surface area contributed by atoms with Crippen LogP contribution in [0.4, 0.5) is 0 Å². The third kappa shape index (κ3) is 6.48. The van der Waals surface area contributed by atoms with Gasteiger partial charge in [0.25, 0.3) is 0 Å². The first kappa shape index (κ1) is 18.5. The Morgan fingerprint density at radius 3 is 2.41 bits per heavy atom. The molecule has 0 N–H and O–H groups in total. The minimum absolute atomic E-state index is 0.149. The highest BCUT2D eigenvalue weighted by atomic mass is 28.4. The lowest BCUT2D eigenvalue weighted by Crippen LogP contribution is -2.24. The molecule has 122 valence electrons. The second kappa shape index (κ2) is 8.18. The molecule has 1 unspecified atom stereocenters. The molecule has 0 aliphatic heterocycles. The zero-order valence-electron chi connectivity index (χ0n) is 14.4. The van der Waals surface area contributed by atoms with Gasteiger partial charge in [0.15, 0.2) is 0 Å². The number of carbonyl (C=O) groups excluding carboxylic acids is 1. The van der Waals surface area contributed by atoms with Crippen molar-refractivity contribution in [3.05, 3.63) is 48.2 Å². The third-order valence-corrected chi connectivity index (χ3v) is 4.29. The standard InChI is InChI=1S/C18H28O3Si/c1-6-20-17(19)12-13-18(2,14-15-21-22(3,4)5)16-10-8-7-9-11-16/h7-11,14-15H,6,12-13H2,1-5H3/b15-14+. The molecule has 1 aromatic rings. The van der Waals surface area contributed by atoms with E-state index in [0.29, 0.717) is 19.4 Å². The molecule has 1 aromatic carbocycles. The highest BCUT2D eigenvalue weighted by molar-refractivity contribution is 6.69. The molecule has 0 aliphatic rings. The first-order valence-corrected chi connectivity index (χ1v) is 11.2. The molecular weight excluding hydrogens is 292 g/mol. The molecule has 0 radical (unpaired) electrons. The lowest BCUT2D eigenvalue weighted by atomic mass is 9.78. The second-order valence-electron chi connectivity index (χ2n) is 6.62. The molecule has 22 heavy (non-hydrogen) atoms. The van der Waals surface area contributed by atoms with Gasteiger partial charge in [-0.15, -0.1) is 0 Å². The number of hydrogen-bond donors (Lipinski definition) is 0. The summed E-state index contributed by atoms with van der Waals surface area (Å²) in [4.78, 5) is 11.7. The monoisotopic (exact) mass is 320 g/mol. The molecule has 0 saturated heterocycles. The van der Waals surface area contributed by atoms with Crippen LogP contribution in [0.15, 0.2) is 42.7 Å². The highest BCUT2D eigenvalue weighted by Gasteiger charge is 2.25. The smallest absolute Gasteiger partial charge is 0.305 e. The summed E-state index contributed by atoms with van der Waals surface area (Å²) in [6.45, 7) is 10.8. The molecule has 0 aliphatic carbocycles. The van der Waals surface area contributed by atoms with Gasteiger partial charge in [-0.25, -0.2) is 0 Å². The highest BCUT2D eigenvalue weighted by Crippen LogP contribution is 2.31. The van der Waals surface area contributed by atoms with E-state index in [0.717, 1.165) is 0 Å². The van der Waals surface area contributed by atoms with Crippen molar-refractivity contribution in [1.29, 1.82) is 0 Å². The maximum atomic E-state index is 11.7. The average Bonchev–Trinajstić information content (AvgIpc) is 2.45. The van der Waals surface area contributed by atoms with Crippen LogP contribution in [-0.4, -0.2) is 20.9 Å². The van der Waals surface area contributed by atoms with Crippen molar-refractivity contribution in [2.24, 2.45) is 0 Å². The number of allylic oxidation sites excluding steroid dienone is 1. The molecule has 4 heteroatoms. The number of esters is 1. The molecule has 0 amide bonds. The van der Waals surface area contributed by atoms with Crippen molar-refractivity contribution in [3.63, 3.8) is 0 Å². The first-order valence-electron chi connectivity index (χ1n) is 7.83. The van der Waals surface area contributed by atoms with E-state index in [4.69, 9.17) is 9.16 Å². The maximum Gasteiger partial charge on any atom is 0.305 e. The SMILES string of the molecule is CCOC(=O)CCC(C)(/C=C/O[Si](C)(C)C)c1ccccc1. The Morgan fingerprint density at radius 2 is 1.86 bits per heavy atom. The summed E-state index contributed by atoms with van der Waals surface area (Å²) in [7, 11) is -1.59. The van der Waals surface area contributed by atoms with Crippen molar-refractivity contribution >= 4 is 14.3 Å². The number of rotatable bonds is 8. The summed E-state index contributed by atoms with van der Waals surface area (Å²) in [5.41, 5.74) is 0.933. The van der Waals surface area contributed by atoms with E-state index in [9.17, 15) is 4.79 Å². The van der Waals surface area contributed by atoms with Gasteiger partial charge in [-0.05, 0) is 44.6 Å². The Balaban J connectivity index is 2.88. The Hall–Kier alpha value is -1.55. The molecule has 1 rings (SSSR count). The van der Waals surface area contributed by atoms with Gasteiger partial charge < -0.3 is 9.16 Å². The zero-order valence-corrected chi connectivity index (χ0v) is 15.4. The van der Waals surface area contributed by atoms with Crippen LogP contribution in [0.25, 0.3) is 0 Å². The summed E-state index contributed by atoms with van der Waals surface area (Å²) in [6, 6.07) is 10.2. The van der Waals surface area contributed by atoms with Gasteiger partial charge in [0.1, 0.15) is 0 Å². The summed E-state index contributed by atoms with van der Waals surface area (Å²) < 4.78 is 10.9. The number of benzene rings is 1. The Labute approximate surface area is 135 Å². The quantitative estimate of drug-likeness (QED) is 0.397. The second-order valence-corrected chi connectivity index (χ2v) is 11.1. The molecule has 0 heterocycles. The Bertz CT molecular complexity index is 491. The summed E-state index contributed by atoms with van der Waals surface area (Å²) >= 11 is 0. The predicted molar refractivity (Wildman–Crippen MR) is 93.2 cm³/mol. The Morgan fingerprint density at radius 1 is 1.23 bits per heavy atom. The first-order chi connectivity index (χ1) is 10.3. The van der Waals surface area contributed by atoms with E-state index in [-0.39, 0.29) is 11.4 Å². The molecule has 0 aromatic heterocycles. The van der Waals surface area contributed by atoms with Crippen molar-refractivity contribution < 1.29 is 14.0 Å². The van der Waals surface area contributed by atoms with Crippen LogP contribution in [0, 0.1) is 0 Å². The fraction of sp³-hybridized carbons (Fsp3) is 0.500. The maximum absolute atomic E-state index is 11.7. The van der Waals surface area contributed by atoms with Crippen LogP contribution in [0.2, 0.25) is 19.6 Å². The molecule has 3 nitrogen and oxygen atoms in total. The van der Waals surface area contributed by atoms with Gasteiger partial charge >= 0.3 is 5.97 Å². The fourth-order valence-electron chi connectivity index (χ4n) is 2.13. The fourth-order valence-corrected chi connectivity index (χ4v) is 2.60. The van der Waals surface area contributed by atoms with Crippen LogP contribution in [0.5, 0.6) is 0 Å². The number of hydrogen-bond acceptors (Lipinski definition) is 3. The van der Waals surface area contributed by atoms with Crippen molar-refractivity contribution in [2.45, 2.75) is 51.7 Å². The molecule has 0 spiro atoms. The van der Waals surface area contributed by atoms with Gasteiger partial charge in [0, 0.05) is 11.8 Å². The van der Waals surface area contributed by atoms with Gasteiger partial charge in [-0.3, -0.25) is 4.79 Å². The molecular formula is C18H28O3Si. The molecule has 0 bridgehead atoms. The van der Waals surface area contributed by atoms with Crippen LogP contribution in [0.3, 0.4) is 0 Å². The van der Waals surface area contributed by atoms with Crippen LogP contribution in [-0.2, 0) is 19.4 Å². The minimum atomic E-state index is -1.59. The summed E-state index contributed by atoms with van der Waals surface area (Å²) in [5, 5.41) is 0. The van der Waals surface area contributed by atoms with Crippen LogP contribution in [0.1, 0.15) is 32.3 Å². The Kier molecular flexibility index (Phi) is 6.88. The predicted octanol–water partition coefficient (Wildman–Crippen LogP) is 4.65. The van der Waals surface area contributed by atoms with Crippen molar-refractivity contribution in [2.75, 3.05) is 6.61 Å². The lowest BCUT2D eigenvalue weighted by molar-refractivity contribution is -0.143. The zero-order chi connectivity index (χ0) is 16.6. The van der Waals surface area contributed by atoms with E-state index >= 15 is 0 Å². The van der Waals surface area contributed by atoms with E-state index in [1.165, 1.54) is 5.56 Å². The topological polar surface area (TPSA) is 35.5 Å². The normalized spacial score (nSPS) is 14.6. The van der Waals surface area contributed by atoms with Gasteiger partial charge in [-0.1, -0.05) is 37.3 Å². The third-order valence-electron chi connectivity index (χ3n) is 3.44. The van der Waals surface area contributed by atoms with E-state index < -0.39 is 8.32 Å². The van der Waals surface area contributed by atoms with Crippen molar-refractivity contribution in [3.8, 4) is 0 Å². The largest absolute Gasteiger partial charge is 0.550 e.